The van der Waals surface area contributed by atoms with Crippen LogP contribution in [0, 0.1) is 19.7 Å². The Morgan fingerprint density at radius 3 is 2.47 bits per heavy atom. The highest BCUT2D eigenvalue weighted by molar-refractivity contribution is 5.85. The highest BCUT2D eigenvalue weighted by atomic mass is 19.1. The molecule has 3 nitrogen and oxygen atoms in total. The third kappa shape index (κ3) is 1.59. The van der Waals surface area contributed by atoms with Gasteiger partial charge in [0, 0.05) is 0 Å². The summed E-state index contributed by atoms with van der Waals surface area (Å²) in [5, 5.41) is 9.27. The molecular weight excluding hydrogens is 223 g/mol. The number of halogens is 1. The van der Waals surface area contributed by atoms with Gasteiger partial charge in [0.15, 0.2) is 11.6 Å². The number of ether oxygens (including phenoxy) is 1. The van der Waals surface area contributed by atoms with Crippen molar-refractivity contribution in [1.82, 2.24) is 0 Å². The molecule has 0 saturated heterocycles. The van der Waals surface area contributed by atoms with Crippen LogP contribution in [0.2, 0.25) is 0 Å². The summed E-state index contributed by atoms with van der Waals surface area (Å²) in [6.45, 7) is 3.33. The lowest BCUT2D eigenvalue weighted by atomic mass is 9.89. The van der Waals surface area contributed by atoms with Gasteiger partial charge in [-0.3, -0.25) is 4.79 Å². The summed E-state index contributed by atoms with van der Waals surface area (Å²) in [6, 6.07) is 1.63. The standard InChI is InChI=1S/C13H15FO3/c1-7-6-9(13(4-5-13)12(15)16)8(2)11(17-3)10(7)14/h6H,4-5H2,1-3H3,(H,15,16). The zero-order valence-electron chi connectivity index (χ0n) is 10.1. The van der Waals surface area contributed by atoms with Crippen molar-refractivity contribution in [2.24, 2.45) is 0 Å². The predicted molar refractivity (Wildman–Crippen MR) is 61.0 cm³/mol. The topological polar surface area (TPSA) is 46.5 Å². The van der Waals surface area contributed by atoms with Gasteiger partial charge in [0.25, 0.3) is 0 Å². The van der Waals surface area contributed by atoms with Crippen LogP contribution < -0.4 is 4.74 Å². The van der Waals surface area contributed by atoms with Crippen LogP contribution in [-0.2, 0) is 10.2 Å². The van der Waals surface area contributed by atoms with E-state index in [1.807, 2.05) is 0 Å². The Kier molecular flexibility index (Phi) is 2.60. The van der Waals surface area contributed by atoms with E-state index in [0.717, 1.165) is 0 Å². The summed E-state index contributed by atoms with van der Waals surface area (Å²) in [7, 11) is 1.40. The first kappa shape index (κ1) is 11.9. The molecule has 0 amide bonds. The van der Waals surface area contributed by atoms with Crippen LogP contribution in [0.15, 0.2) is 6.07 Å². The Hall–Kier alpha value is -1.58. The number of benzene rings is 1. The molecule has 0 heterocycles. The van der Waals surface area contributed by atoms with Crippen molar-refractivity contribution < 1.29 is 19.0 Å². The van der Waals surface area contributed by atoms with Gasteiger partial charge in [0.2, 0.25) is 0 Å². The first-order chi connectivity index (χ1) is 7.94. The number of carboxylic acid groups (broad SMARTS) is 1. The van der Waals surface area contributed by atoms with Gasteiger partial charge >= 0.3 is 5.97 Å². The fourth-order valence-electron chi connectivity index (χ4n) is 2.32. The fraction of sp³-hybridized carbons (Fsp3) is 0.462. The predicted octanol–water partition coefficient (Wildman–Crippen LogP) is 2.57. The Morgan fingerprint density at radius 1 is 1.47 bits per heavy atom. The van der Waals surface area contributed by atoms with Crippen molar-refractivity contribution >= 4 is 5.97 Å². The summed E-state index contributed by atoms with van der Waals surface area (Å²) in [6.07, 6.45) is 1.22. The van der Waals surface area contributed by atoms with Crippen LogP contribution in [0.3, 0.4) is 0 Å². The average Bonchev–Trinajstić information content (AvgIpc) is 3.05. The molecule has 1 aliphatic carbocycles. The van der Waals surface area contributed by atoms with Gasteiger partial charge in [0.1, 0.15) is 0 Å². The van der Waals surface area contributed by atoms with E-state index in [4.69, 9.17) is 4.74 Å². The molecule has 0 radical (unpaired) electrons. The molecule has 1 fully saturated rings. The quantitative estimate of drug-likeness (QED) is 0.880. The summed E-state index contributed by atoms with van der Waals surface area (Å²) in [5.41, 5.74) is 0.877. The second-order valence-electron chi connectivity index (χ2n) is 4.60. The van der Waals surface area contributed by atoms with Crippen LogP contribution in [0.5, 0.6) is 5.75 Å². The molecule has 0 aromatic heterocycles. The molecule has 1 saturated carbocycles. The molecule has 92 valence electrons. The zero-order valence-corrected chi connectivity index (χ0v) is 10.1. The number of aryl methyl sites for hydroxylation is 1. The Balaban J connectivity index is 2.64. The van der Waals surface area contributed by atoms with Gasteiger partial charge in [-0.1, -0.05) is 6.07 Å². The number of aliphatic carboxylic acids is 1. The normalized spacial score (nSPS) is 16.7. The van der Waals surface area contributed by atoms with Crippen molar-refractivity contribution in [3.63, 3.8) is 0 Å². The smallest absolute Gasteiger partial charge is 0.314 e. The van der Waals surface area contributed by atoms with E-state index >= 15 is 0 Å². The van der Waals surface area contributed by atoms with Crippen LogP contribution in [-0.4, -0.2) is 18.2 Å². The summed E-state index contributed by atoms with van der Waals surface area (Å²) < 4.78 is 18.8. The van der Waals surface area contributed by atoms with Crippen LogP contribution in [0.1, 0.15) is 29.5 Å². The molecule has 4 heteroatoms. The van der Waals surface area contributed by atoms with Gasteiger partial charge in [-0.2, -0.15) is 0 Å². The van der Waals surface area contributed by atoms with Gasteiger partial charge in [-0.25, -0.2) is 4.39 Å². The second kappa shape index (κ2) is 3.72. The van der Waals surface area contributed by atoms with E-state index in [-0.39, 0.29) is 5.75 Å². The van der Waals surface area contributed by atoms with E-state index in [0.29, 0.717) is 29.5 Å². The Bertz CT molecular complexity index is 490. The number of rotatable bonds is 3. The third-order valence-corrected chi connectivity index (χ3v) is 3.53. The van der Waals surface area contributed by atoms with Crippen molar-refractivity contribution in [3.05, 3.63) is 28.6 Å². The maximum Gasteiger partial charge on any atom is 0.314 e. The summed E-state index contributed by atoms with van der Waals surface area (Å²) in [5.74, 6) is -1.09. The number of carboxylic acids is 1. The molecule has 0 atom stereocenters. The second-order valence-corrected chi connectivity index (χ2v) is 4.60. The molecule has 0 spiro atoms. The number of methoxy groups -OCH3 is 1. The van der Waals surface area contributed by atoms with Gasteiger partial charge in [-0.15, -0.1) is 0 Å². The van der Waals surface area contributed by atoms with Crippen molar-refractivity contribution in [3.8, 4) is 5.75 Å². The SMILES string of the molecule is COc1c(C)c(C2(C(=O)O)CC2)cc(C)c1F. The van der Waals surface area contributed by atoms with Crippen LogP contribution in [0.25, 0.3) is 0 Å². The van der Waals surface area contributed by atoms with Crippen LogP contribution in [0.4, 0.5) is 4.39 Å². The van der Waals surface area contributed by atoms with E-state index in [1.165, 1.54) is 7.11 Å². The van der Waals surface area contributed by atoms with E-state index in [2.05, 4.69) is 0 Å². The molecule has 0 unspecified atom stereocenters. The average molecular weight is 238 g/mol. The zero-order chi connectivity index (χ0) is 12.8. The van der Waals surface area contributed by atoms with Gasteiger partial charge < -0.3 is 9.84 Å². The minimum Gasteiger partial charge on any atom is -0.493 e. The molecule has 1 aromatic carbocycles. The lowest BCUT2D eigenvalue weighted by Gasteiger charge is -2.18. The van der Waals surface area contributed by atoms with Gasteiger partial charge in [-0.05, 0) is 43.4 Å². The molecule has 0 bridgehead atoms. The Morgan fingerprint density at radius 2 is 2.06 bits per heavy atom. The van der Waals surface area contributed by atoms with Crippen molar-refractivity contribution in [2.75, 3.05) is 7.11 Å². The molecule has 1 aliphatic rings. The fourth-order valence-corrected chi connectivity index (χ4v) is 2.32. The van der Waals surface area contributed by atoms with E-state index < -0.39 is 17.2 Å². The van der Waals surface area contributed by atoms with Crippen molar-refractivity contribution in [1.29, 1.82) is 0 Å². The monoisotopic (exact) mass is 238 g/mol. The first-order valence-electron chi connectivity index (χ1n) is 5.51. The first-order valence-corrected chi connectivity index (χ1v) is 5.51. The summed E-state index contributed by atoms with van der Waals surface area (Å²) >= 11 is 0. The molecule has 1 N–H and O–H groups in total. The lowest BCUT2D eigenvalue weighted by molar-refractivity contribution is -0.140. The van der Waals surface area contributed by atoms with Crippen LogP contribution >= 0.6 is 0 Å². The Labute approximate surface area is 99.2 Å². The van der Waals surface area contributed by atoms with Gasteiger partial charge in [0.05, 0.1) is 12.5 Å². The molecule has 0 aliphatic heterocycles. The van der Waals surface area contributed by atoms with E-state index in [1.54, 1.807) is 19.9 Å². The molecule has 17 heavy (non-hydrogen) atoms. The number of carbonyl (C=O) groups is 1. The lowest BCUT2D eigenvalue weighted by Crippen LogP contribution is -2.21. The third-order valence-electron chi connectivity index (χ3n) is 3.53. The molecule has 2 rings (SSSR count). The maximum absolute atomic E-state index is 13.8. The minimum absolute atomic E-state index is 0.160. The highest BCUT2D eigenvalue weighted by Gasteiger charge is 2.53. The molecule has 1 aromatic rings. The number of hydrogen-bond donors (Lipinski definition) is 1. The largest absolute Gasteiger partial charge is 0.493 e. The minimum atomic E-state index is -0.839. The van der Waals surface area contributed by atoms with E-state index in [9.17, 15) is 14.3 Å². The highest BCUT2D eigenvalue weighted by Crippen LogP contribution is 2.51. The van der Waals surface area contributed by atoms with Crippen molar-refractivity contribution in [2.45, 2.75) is 32.1 Å². The molecular formula is C13H15FO3. The maximum atomic E-state index is 13.8. The number of hydrogen-bond acceptors (Lipinski definition) is 2. The summed E-state index contributed by atoms with van der Waals surface area (Å²) in [4.78, 5) is 11.3.